The molecule has 0 aliphatic heterocycles. The molecule has 0 saturated carbocycles. The maximum absolute atomic E-state index is 11.7. The molecule has 0 aromatic carbocycles. The van der Waals surface area contributed by atoms with E-state index >= 15 is 0 Å². The van der Waals surface area contributed by atoms with Gasteiger partial charge in [0.05, 0.1) is 12.0 Å². The smallest absolute Gasteiger partial charge is 0.328 e. The van der Waals surface area contributed by atoms with E-state index in [1.807, 2.05) is 13.8 Å². The highest BCUT2D eigenvalue weighted by Gasteiger charge is 2.23. The quantitative estimate of drug-likeness (QED) is 0.481. The van der Waals surface area contributed by atoms with Crippen LogP contribution in [0.25, 0.3) is 0 Å². The summed E-state index contributed by atoms with van der Waals surface area (Å²) >= 11 is 0. The molecular weight excluding hydrogens is 250 g/mol. The van der Waals surface area contributed by atoms with Gasteiger partial charge in [0.2, 0.25) is 0 Å². The molecule has 1 heterocycles. The number of anilines is 1. The van der Waals surface area contributed by atoms with Crippen LogP contribution in [0.5, 0.6) is 0 Å². The highest BCUT2D eigenvalue weighted by molar-refractivity contribution is 5.80. The molecule has 104 valence electrons. The second-order valence-electron chi connectivity index (χ2n) is 4.50. The van der Waals surface area contributed by atoms with Crippen LogP contribution in [0, 0.1) is 16.0 Å². The van der Waals surface area contributed by atoms with Crippen molar-refractivity contribution < 1.29 is 14.5 Å². The zero-order chi connectivity index (χ0) is 14.4. The maximum atomic E-state index is 11.7. The first kappa shape index (κ1) is 14.9. The number of ether oxygens (including phenoxy) is 1. The first-order valence-electron chi connectivity index (χ1n) is 5.88. The molecule has 19 heavy (non-hydrogen) atoms. The normalized spacial score (nSPS) is 12.0. The lowest BCUT2D eigenvalue weighted by Gasteiger charge is -2.19. The van der Waals surface area contributed by atoms with Crippen molar-refractivity contribution in [3.8, 4) is 0 Å². The molecule has 0 saturated heterocycles. The van der Waals surface area contributed by atoms with E-state index in [4.69, 9.17) is 4.74 Å². The summed E-state index contributed by atoms with van der Waals surface area (Å²) in [5, 5.41) is 13.7. The number of methoxy groups -OCH3 is 1. The summed E-state index contributed by atoms with van der Waals surface area (Å²) in [6.07, 6.45) is 3.09. The lowest BCUT2D eigenvalue weighted by Crippen LogP contribution is -2.32. The average molecular weight is 267 g/mol. The molecule has 1 rings (SSSR count). The Morgan fingerprint density at radius 3 is 2.79 bits per heavy atom. The number of aromatic nitrogens is 1. The van der Waals surface area contributed by atoms with Crippen molar-refractivity contribution in [3.63, 3.8) is 0 Å². The Hall–Kier alpha value is -2.18. The molecule has 0 aliphatic carbocycles. The topological polar surface area (TPSA) is 94.4 Å². The van der Waals surface area contributed by atoms with Gasteiger partial charge in [0.1, 0.15) is 17.9 Å². The van der Waals surface area contributed by atoms with Crippen molar-refractivity contribution in [2.24, 2.45) is 5.92 Å². The number of carbonyl (C=O) groups excluding carboxylic acids is 1. The summed E-state index contributed by atoms with van der Waals surface area (Å²) in [7, 11) is 1.29. The van der Waals surface area contributed by atoms with Crippen LogP contribution in [0.4, 0.5) is 11.4 Å². The fourth-order valence-corrected chi connectivity index (χ4v) is 1.67. The fraction of sp³-hybridized carbons (Fsp3) is 0.500. The van der Waals surface area contributed by atoms with Gasteiger partial charge in [-0.1, -0.05) is 13.8 Å². The van der Waals surface area contributed by atoms with Crippen molar-refractivity contribution in [3.05, 3.63) is 28.6 Å². The van der Waals surface area contributed by atoms with Gasteiger partial charge >= 0.3 is 11.7 Å². The summed E-state index contributed by atoms with van der Waals surface area (Å²) in [6, 6.07) is 0.847. The van der Waals surface area contributed by atoms with Gasteiger partial charge in [-0.2, -0.15) is 0 Å². The average Bonchev–Trinajstić information content (AvgIpc) is 2.36. The van der Waals surface area contributed by atoms with Gasteiger partial charge < -0.3 is 10.1 Å². The third-order valence-corrected chi connectivity index (χ3v) is 2.52. The van der Waals surface area contributed by atoms with Crippen molar-refractivity contribution in [1.29, 1.82) is 0 Å². The Morgan fingerprint density at radius 1 is 1.58 bits per heavy atom. The van der Waals surface area contributed by atoms with E-state index in [1.54, 1.807) is 0 Å². The van der Waals surface area contributed by atoms with Crippen LogP contribution in [0.1, 0.15) is 20.3 Å². The fourth-order valence-electron chi connectivity index (χ4n) is 1.67. The minimum atomic E-state index is -0.619. The minimum absolute atomic E-state index is 0.167. The summed E-state index contributed by atoms with van der Waals surface area (Å²) < 4.78 is 4.70. The second kappa shape index (κ2) is 6.67. The predicted octanol–water partition coefficient (Wildman–Crippen LogP) is 1.99. The Labute approximate surface area is 111 Å². The summed E-state index contributed by atoms with van der Waals surface area (Å²) in [5.74, 6) is -0.197. The summed E-state index contributed by atoms with van der Waals surface area (Å²) in [4.78, 5) is 25.7. The van der Waals surface area contributed by atoms with Crippen molar-refractivity contribution in [2.45, 2.75) is 26.3 Å². The number of carbonyl (C=O) groups is 1. The number of nitrogens with one attached hydrogen (secondary N) is 1. The largest absolute Gasteiger partial charge is 0.467 e. The molecular formula is C12H17N3O4. The van der Waals surface area contributed by atoms with Crippen LogP contribution in [-0.2, 0) is 9.53 Å². The molecule has 1 atom stereocenters. The lowest BCUT2D eigenvalue weighted by atomic mass is 10.0. The number of nitro groups is 1. The van der Waals surface area contributed by atoms with E-state index in [9.17, 15) is 14.9 Å². The van der Waals surface area contributed by atoms with E-state index < -0.39 is 16.9 Å². The highest BCUT2D eigenvalue weighted by Crippen LogP contribution is 2.24. The molecule has 7 nitrogen and oxygen atoms in total. The van der Waals surface area contributed by atoms with Gasteiger partial charge in [-0.25, -0.2) is 4.79 Å². The van der Waals surface area contributed by atoms with Gasteiger partial charge in [-0.05, 0) is 18.4 Å². The predicted molar refractivity (Wildman–Crippen MR) is 69.8 cm³/mol. The monoisotopic (exact) mass is 267 g/mol. The van der Waals surface area contributed by atoms with E-state index in [0.717, 1.165) is 6.20 Å². The molecule has 0 aliphatic rings. The minimum Gasteiger partial charge on any atom is -0.467 e. The van der Waals surface area contributed by atoms with E-state index in [0.29, 0.717) is 6.42 Å². The van der Waals surface area contributed by atoms with E-state index in [1.165, 1.54) is 19.4 Å². The van der Waals surface area contributed by atoms with Gasteiger partial charge in [-0.3, -0.25) is 15.1 Å². The first-order valence-corrected chi connectivity index (χ1v) is 5.88. The number of rotatable bonds is 6. The van der Waals surface area contributed by atoms with Gasteiger partial charge in [-0.15, -0.1) is 0 Å². The van der Waals surface area contributed by atoms with E-state index in [-0.39, 0.29) is 17.3 Å². The zero-order valence-electron chi connectivity index (χ0n) is 11.1. The van der Waals surface area contributed by atoms with Crippen molar-refractivity contribution in [2.75, 3.05) is 12.4 Å². The Morgan fingerprint density at radius 2 is 2.26 bits per heavy atom. The Bertz CT molecular complexity index is 462. The zero-order valence-corrected chi connectivity index (χ0v) is 11.1. The summed E-state index contributed by atoms with van der Waals surface area (Å²) in [5.41, 5.74) is 0.0937. The van der Waals surface area contributed by atoms with Gasteiger partial charge in [0.15, 0.2) is 0 Å². The molecule has 1 aromatic rings. The molecule has 0 fully saturated rings. The van der Waals surface area contributed by atoms with Gasteiger partial charge in [0, 0.05) is 6.20 Å². The maximum Gasteiger partial charge on any atom is 0.328 e. The number of hydrogen-bond acceptors (Lipinski definition) is 6. The molecule has 0 amide bonds. The highest BCUT2D eigenvalue weighted by atomic mass is 16.6. The third kappa shape index (κ3) is 4.20. The van der Waals surface area contributed by atoms with Gasteiger partial charge in [0.25, 0.3) is 0 Å². The second-order valence-corrected chi connectivity index (χ2v) is 4.50. The Kier molecular flexibility index (Phi) is 5.23. The van der Waals surface area contributed by atoms with Crippen molar-refractivity contribution >= 4 is 17.3 Å². The molecule has 0 bridgehead atoms. The Balaban J connectivity index is 2.96. The molecule has 1 unspecified atom stereocenters. The molecule has 0 radical (unpaired) electrons. The molecule has 7 heteroatoms. The van der Waals surface area contributed by atoms with Crippen LogP contribution in [0.2, 0.25) is 0 Å². The number of nitrogens with zero attached hydrogens (tertiary/aromatic N) is 2. The van der Waals surface area contributed by atoms with Crippen LogP contribution in [-0.4, -0.2) is 29.0 Å². The third-order valence-electron chi connectivity index (χ3n) is 2.52. The first-order chi connectivity index (χ1) is 8.95. The molecule has 1 N–H and O–H groups in total. The summed E-state index contributed by atoms with van der Waals surface area (Å²) in [6.45, 7) is 3.91. The van der Waals surface area contributed by atoms with E-state index in [2.05, 4.69) is 10.3 Å². The molecule has 0 spiro atoms. The number of pyridine rings is 1. The number of hydrogen-bond donors (Lipinski definition) is 1. The van der Waals surface area contributed by atoms with Crippen LogP contribution < -0.4 is 5.32 Å². The van der Waals surface area contributed by atoms with Crippen molar-refractivity contribution in [1.82, 2.24) is 4.98 Å². The van der Waals surface area contributed by atoms with Crippen LogP contribution in [0.15, 0.2) is 18.5 Å². The number of esters is 1. The van der Waals surface area contributed by atoms with Crippen LogP contribution in [0.3, 0.4) is 0 Å². The standard InChI is InChI=1S/C12H17N3O4/c1-8(2)6-10(12(16)19-3)14-9-4-5-13-7-11(9)15(17)18/h4-5,7-8,10H,6H2,1-3H3,(H,13,14). The van der Waals surface area contributed by atoms with Crippen LogP contribution >= 0.6 is 0 Å². The lowest BCUT2D eigenvalue weighted by molar-refractivity contribution is -0.384. The SMILES string of the molecule is COC(=O)C(CC(C)C)Nc1ccncc1[N+](=O)[O-]. The molecule has 1 aromatic heterocycles.